The SMILES string of the molecule is Cc1ccc2[nH]ncc2c1-c1c(Cl)cc2c(N3CC4CC[C@@H](C3)N4)nc(OC[C@@H]3CCCN3C)nc2c1F. The zero-order valence-electron chi connectivity index (χ0n) is 21.6. The van der Waals surface area contributed by atoms with E-state index in [9.17, 15) is 0 Å². The fraction of sp³-hybridized carbons (Fsp3) is 0.464. The fourth-order valence-electron chi connectivity index (χ4n) is 6.48. The first-order valence-electron chi connectivity index (χ1n) is 13.4. The smallest absolute Gasteiger partial charge is 0.319 e. The van der Waals surface area contributed by atoms with E-state index in [1.54, 1.807) is 6.20 Å². The maximum atomic E-state index is 16.6. The van der Waals surface area contributed by atoms with Gasteiger partial charge in [-0.3, -0.25) is 5.10 Å². The second-order valence-electron chi connectivity index (χ2n) is 11.0. The molecule has 0 saturated carbocycles. The van der Waals surface area contributed by atoms with Crippen molar-refractivity contribution in [3.8, 4) is 17.1 Å². The lowest BCUT2D eigenvalue weighted by Gasteiger charge is -2.34. The van der Waals surface area contributed by atoms with E-state index in [0.717, 1.165) is 67.3 Å². The van der Waals surface area contributed by atoms with E-state index in [1.807, 2.05) is 25.1 Å². The van der Waals surface area contributed by atoms with Gasteiger partial charge in [-0.1, -0.05) is 17.7 Å². The molecular weight excluding hydrogens is 505 g/mol. The van der Waals surface area contributed by atoms with Crippen LogP contribution in [0, 0.1) is 12.7 Å². The molecule has 2 N–H and O–H groups in total. The largest absolute Gasteiger partial charge is 0.462 e. The molecule has 3 fully saturated rings. The molecule has 2 bridgehead atoms. The molecule has 0 spiro atoms. The molecule has 0 aliphatic carbocycles. The summed E-state index contributed by atoms with van der Waals surface area (Å²) >= 11 is 6.87. The number of aromatic amines is 1. The minimum atomic E-state index is -0.464. The van der Waals surface area contributed by atoms with Crippen molar-refractivity contribution < 1.29 is 9.13 Å². The first-order chi connectivity index (χ1) is 18.5. The van der Waals surface area contributed by atoms with Crippen molar-refractivity contribution in [3.63, 3.8) is 0 Å². The molecule has 7 rings (SSSR count). The first kappa shape index (κ1) is 24.1. The van der Waals surface area contributed by atoms with Crippen LogP contribution < -0.4 is 15.0 Å². The lowest BCUT2D eigenvalue weighted by atomic mass is 9.95. The van der Waals surface area contributed by atoms with Gasteiger partial charge >= 0.3 is 6.01 Å². The third-order valence-electron chi connectivity index (χ3n) is 8.52. The number of fused-ring (bicyclic) bond motifs is 4. The molecule has 3 saturated heterocycles. The van der Waals surface area contributed by atoms with Crippen molar-refractivity contribution in [2.24, 2.45) is 0 Å². The van der Waals surface area contributed by atoms with Gasteiger partial charge in [0.15, 0.2) is 5.82 Å². The van der Waals surface area contributed by atoms with Gasteiger partial charge in [0.05, 0.1) is 16.7 Å². The highest BCUT2D eigenvalue weighted by molar-refractivity contribution is 6.35. The maximum Gasteiger partial charge on any atom is 0.319 e. The van der Waals surface area contributed by atoms with E-state index in [4.69, 9.17) is 21.3 Å². The molecule has 2 aromatic carbocycles. The number of hydrogen-bond acceptors (Lipinski definition) is 7. The number of likely N-dealkylation sites (N-methyl/N-ethyl adjacent to an activating group) is 1. The van der Waals surface area contributed by atoms with Gasteiger partial charge in [-0.25, -0.2) is 4.39 Å². The minimum absolute atomic E-state index is 0.212. The number of nitrogens with one attached hydrogen (secondary N) is 2. The summed E-state index contributed by atoms with van der Waals surface area (Å²) in [6.45, 7) is 5.10. The number of hydrogen-bond donors (Lipinski definition) is 2. The van der Waals surface area contributed by atoms with Crippen LogP contribution in [0.15, 0.2) is 24.4 Å². The normalized spacial score (nSPS) is 23.7. The van der Waals surface area contributed by atoms with E-state index in [2.05, 4.69) is 37.3 Å². The standard InChI is InChI=1S/C28H31ClFN7O/c1-15-5-8-22-20(11-31-35-22)23(15)24-21(29)10-19-26(25(24)30)33-28(38-14-18-4-3-9-36(18)2)34-27(19)37-12-16-6-7-17(13-37)32-16/h5,8,10-11,16-18,32H,3-4,6-7,9,12-14H2,1-2H3,(H,31,35)/t16-,17?,18-/m0/s1. The number of ether oxygens (including phenoxy) is 1. The van der Waals surface area contributed by atoms with E-state index >= 15 is 4.39 Å². The van der Waals surface area contributed by atoms with Crippen LogP contribution in [0.2, 0.25) is 5.02 Å². The van der Waals surface area contributed by atoms with Crippen LogP contribution in [-0.2, 0) is 0 Å². The molecule has 4 aromatic rings. The Bertz CT molecular complexity index is 1530. The number of anilines is 1. The Hall–Kier alpha value is -3.01. The van der Waals surface area contributed by atoms with Crippen LogP contribution in [0.25, 0.3) is 32.9 Å². The van der Waals surface area contributed by atoms with Crippen LogP contribution in [0.5, 0.6) is 6.01 Å². The second kappa shape index (κ2) is 9.32. The molecule has 3 aliphatic rings. The van der Waals surface area contributed by atoms with E-state index in [-0.39, 0.29) is 11.5 Å². The molecule has 38 heavy (non-hydrogen) atoms. The monoisotopic (exact) mass is 535 g/mol. The van der Waals surface area contributed by atoms with Crippen molar-refractivity contribution in [1.29, 1.82) is 0 Å². The Balaban J connectivity index is 1.39. The molecule has 0 radical (unpaired) electrons. The lowest BCUT2D eigenvalue weighted by molar-refractivity contribution is 0.188. The Morgan fingerprint density at radius 3 is 2.68 bits per heavy atom. The third kappa shape index (κ3) is 3.99. The van der Waals surface area contributed by atoms with Gasteiger partial charge in [-0.05, 0) is 63.9 Å². The summed E-state index contributed by atoms with van der Waals surface area (Å²) in [6, 6.07) is 7.03. The molecule has 1 unspecified atom stereocenters. The number of likely N-dealkylation sites (tertiary alicyclic amines) is 1. The predicted octanol–water partition coefficient (Wildman–Crippen LogP) is 4.69. The van der Waals surface area contributed by atoms with Gasteiger partial charge in [0.25, 0.3) is 0 Å². The Morgan fingerprint density at radius 2 is 1.92 bits per heavy atom. The van der Waals surface area contributed by atoms with Crippen LogP contribution in [0.3, 0.4) is 0 Å². The van der Waals surface area contributed by atoms with Crippen molar-refractivity contribution in [3.05, 3.63) is 40.8 Å². The Kier molecular flexibility index (Phi) is 5.90. The topological polar surface area (TPSA) is 82.2 Å². The van der Waals surface area contributed by atoms with Crippen LogP contribution in [0.4, 0.5) is 10.2 Å². The molecule has 8 nitrogen and oxygen atoms in total. The molecule has 2 aromatic heterocycles. The van der Waals surface area contributed by atoms with E-state index in [1.165, 1.54) is 0 Å². The highest BCUT2D eigenvalue weighted by Gasteiger charge is 2.34. The fourth-order valence-corrected chi connectivity index (χ4v) is 6.77. The van der Waals surface area contributed by atoms with Gasteiger partial charge < -0.3 is 19.9 Å². The molecule has 3 aliphatic heterocycles. The predicted molar refractivity (Wildman–Crippen MR) is 148 cm³/mol. The number of halogens is 2. The summed E-state index contributed by atoms with van der Waals surface area (Å²) in [7, 11) is 2.11. The van der Waals surface area contributed by atoms with Crippen LogP contribution >= 0.6 is 11.6 Å². The minimum Gasteiger partial charge on any atom is -0.462 e. The summed E-state index contributed by atoms with van der Waals surface area (Å²) in [6.07, 6.45) is 6.20. The van der Waals surface area contributed by atoms with Gasteiger partial charge in [-0.15, -0.1) is 0 Å². The summed E-state index contributed by atoms with van der Waals surface area (Å²) < 4.78 is 22.8. The van der Waals surface area contributed by atoms with Crippen molar-refractivity contribution in [2.45, 2.75) is 50.7 Å². The number of H-pyrrole nitrogens is 1. The third-order valence-corrected chi connectivity index (χ3v) is 8.82. The Labute approximate surface area is 225 Å². The van der Waals surface area contributed by atoms with E-state index in [0.29, 0.717) is 46.5 Å². The highest BCUT2D eigenvalue weighted by Crippen LogP contribution is 2.42. The number of aromatic nitrogens is 4. The molecule has 198 valence electrons. The zero-order chi connectivity index (χ0) is 26.0. The van der Waals surface area contributed by atoms with Gasteiger partial charge in [-0.2, -0.15) is 15.1 Å². The second-order valence-corrected chi connectivity index (χ2v) is 11.4. The average molecular weight is 536 g/mol. The van der Waals surface area contributed by atoms with Crippen molar-refractivity contribution >= 4 is 39.2 Å². The molecule has 0 amide bonds. The molecule has 3 atom stereocenters. The summed E-state index contributed by atoms with van der Waals surface area (Å²) in [5.41, 5.74) is 3.01. The zero-order valence-corrected chi connectivity index (χ0v) is 22.4. The van der Waals surface area contributed by atoms with Gasteiger partial charge in [0.1, 0.15) is 17.9 Å². The number of benzene rings is 2. The number of aryl methyl sites for hydroxylation is 1. The van der Waals surface area contributed by atoms with Crippen LogP contribution in [-0.4, -0.2) is 76.5 Å². The summed E-state index contributed by atoms with van der Waals surface area (Å²) in [4.78, 5) is 14.0. The maximum absolute atomic E-state index is 16.6. The number of piperazine rings is 1. The number of rotatable bonds is 5. The quantitative estimate of drug-likeness (QED) is 0.384. The Morgan fingerprint density at radius 1 is 1.11 bits per heavy atom. The highest BCUT2D eigenvalue weighted by atomic mass is 35.5. The summed E-state index contributed by atoms with van der Waals surface area (Å²) in [5, 5.41) is 12.6. The first-order valence-corrected chi connectivity index (χ1v) is 13.8. The molecule has 5 heterocycles. The van der Waals surface area contributed by atoms with E-state index < -0.39 is 5.82 Å². The van der Waals surface area contributed by atoms with Gasteiger partial charge in [0, 0.05) is 53.1 Å². The number of nitrogens with zero attached hydrogens (tertiary/aromatic N) is 5. The van der Waals surface area contributed by atoms with Crippen molar-refractivity contribution in [1.82, 2.24) is 30.4 Å². The van der Waals surface area contributed by atoms with Gasteiger partial charge in [0.2, 0.25) is 0 Å². The molecule has 10 heteroatoms. The molecular formula is C28H31ClFN7O. The average Bonchev–Trinajstić information content (AvgIpc) is 3.63. The summed E-state index contributed by atoms with van der Waals surface area (Å²) in [5.74, 6) is 0.225. The van der Waals surface area contributed by atoms with Crippen LogP contribution in [0.1, 0.15) is 31.2 Å². The lowest BCUT2D eigenvalue weighted by Crippen LogP contribution is -2.51. The van der Waals surface area contributed by atoms with Crippen molar-refractivity contribution in [2.75, 3.05) is 38.2 Å².